The van der Waals surface area contributed by atoms with Crippen LogP contribution < -0.4 is 9.44 Å². The Bertz CT molecular complexity index is 1340. The van der Waals surface area contributed by atoms with Crippen LogP contribution in [0.3, 0.4) is 0 Å². The molecule has 0 unspecified atom stereocenters. The van der Waals surface area contributed by atoms with Crippen LogP contribution in [0.4, 0.5) is 5.69 Å². The van der Waals surface area contributed by atoms with E-state index in [2.05, 4.69) is 9.71 Å². The van der Waals surface area contributed by atoms with Crippen LogP contribution in [0.1, 0.15) is 21.9 Å². The number of carbonyl (C=O) groups excluding carboxylic acids is 1. The number of sulfonamides is 2. The number of benzene rings is 2. The van der Waals surface area contributed by atoms with Crippen LogP contribution in [0.5, 0.6) is 0 Å². The number of hydrogen-bond acceptors (Lipinski definition) is 6. The molecule has 0 radical (unpaired) electrons. The van der Waals surface area contributed by atoms with Gasteiger partial charge in [-0.25, -0.2) is 26.5 Å². The molecule has 12 heteroatoms. The number of aromatic nitrogens is 2. The maximum atomic E-state index is 12.4. The molecule has 3 aromatic rings. The predicted molar refractivity (Wildman–Crippen MR) is 117 cm³/mol. The lowest BCUT2D eigenvalue weighted by Crippen LogP contribution is -2.30. The largest absolute Gasteiger partial charge is 0.330 e. The summed E-state index contributed by atoms with van der Waals surface area (Å²) < 4.78 is 53.3. The molecular weight excluding hydrogens is 464 g/mol. The predicted octanol–water partition coefficient (Wildman–Crippen LogP) is 2.38. The van der Waals surface area contributed by atoms with Gasteiger partial charge in [-0.15, -0.1) is 0 Å². The molecule has 31 heavy (non-hydrogen) atoms. The third kappa shape index (κ3) is 5.84. The Hall–Kier alpha value is -2.89. The lowest BCUT2D eigenvalue weighted by molar-refractivity contribution is 0.0977. The van der Waals surface area contributed by atoms with Gasteiger partial charge in [0.1, 0.15) is 11.5 Å². The standard InChI is InChI=1S/C19H19ClN4O5S2/c1-13-21-18(19(25)23-31(28,29)16-6-4-3-5-7-16)12-24(13)11-14-8-9-15(10-17(14)20)22-30(2,26)27/h3-10,12,22H,11H2,1-2H3,(H,23,25). The first-order valence-electron chi connectivity index (χ1n) is 8.87. The fourth-order valence-corrected chi connectivity index (χ4v) is 4.52. The van der Waals surface area contributed by atoms with Gasteiger partial charge in [-0.1, -0.05) is 35.9 Å². The molecule has 1 amide bonds. The van der Waals surface area contributed by atoms with Gasteiger partial charge in [0.2, 0.25) is 10.0 Å². The Labute approximate surface area is 185 Å². The number of nitrogens with one attached hydrogen (secondary N) is 2. The van der Waals surface area contributed by atoms with Gasteiger partial charge in [0, 0.05) is 16.9 Å². The molecule has 0 saturated heterocycles. The Morgan fingerprint density at radius 1 is 1.10 bits per heavy atom. The Morgan fingerprint density at radius 2 is 1.77 bits per heavy atom. The number of anilines is 1. The minimum absolute atomic E-state index is 0.0333. The molecule has 3 rings (SSSR count). The van der Waals surface area contributed by atoms with Crippen molar-refractivity contribution in [1.82, 2.24) is 14.3 Å². The lowest BCUT2D eigenvalue weighted by atomic mass is 10.2. The number of hydrogen-bond donors (Lipinski definition) is 2. The molecule has 9 nitrogen and oxygen atoms in total. The van der Waals surface area contributed by atoms with Gasteiger partial charge in [0.05, 0.1) is 17.7 Å². The van der Waals surface area contributed by atoms with Gasteiger partial charge in [-0.3, -0.25) is 9.52 Å². The average Bonchev–Trinajstić information content (AvgIpc) is 3.04. The zero-order valence-corrected chi connectivity index (χ0v) is 18.9. The average molecular weight is 483 g/mol. The summed E-state index contributed by atoms with van der Waals surface area (Å²) in [5.41, 5.74) is 0.915. The summed E-state index contributed by atoms with van der Waals surface area (Å²) in [6, 6.07) is 12.2. The van der Waals surface area contributed by atoms with E-state index in [0.717, 1.165) is 6.26 Å². The number of aryl methyl sites for hydroxylation is 1. The fraction of sp³-hybridized carbons (Fsp3) is 0.158. The van der Waals surface area contributed by atoms with Crippen molar-refractivity contribution in [2.75, 3.05) is 11.0 Å². The number of rotatable bonds is 7. The second-order valence-electron chi connectivity index (χ2n) is 6.73. The molecule has 2 N–H and O–H groups in total. The molecule has 0 fully saturated rings. The number of imidazole rings is 1. The summed E-state index contributed by atoms with van der Waals surface area (Å²) in [5, 5.41) is 0.319. The zero-order valence-electron chi connectivity index (χ0n) is 16.5. The maximum Gasteiger partial charge on any atom is 0.285 e. The minimum atomic E-state index is -4.02. The smallest absolute Gasteiger partial charge is 0.285 e. The summed E-state index contributed by atoms with van der Waals surface area (Å²) >= 11 is 6.26. The summed E-state index contributed by atoms with van der Waals surface area (Å²) in [6.45, 7) is 1.91. The third-order valence-corrected chi connectivity index (χ3v) is 6.49. The molecule has 0 spiro atoms. The van der Waals surface area contributed by atoms with Crippen molar-refractivity contribution in [3.63, 3.8) is 0 Å². The van der Waals surface area contributed by atoms with Crippen LogP contribution in [-0.4, -0.2) is 38.5 Å². The first kappa shape index (κ1) is 22.8. The number of nitrogens with zero attached hydrogens (tertiary/aromatic N) is 2. The van der Waals surface area contributed by atoms with E-state index in [4.69, 9.17) is 11.6 Å². The highest BCUT2D eigenvalue weighted by Gasteiger charge is 2.21. The monoisotopic (exact) mass is 482 g/mol. The lowest BCUT2D eigenvalue weighted by Gasteiger charge is -2.10. The third-order valence-electron chi connectivity index (χ3n) is 4.19. The highest BCUT2D eigenvalue weighted by Crippen LogP contribution is 2.23. The molecule has 0 aliphatic carbocycles. The fourth-order valence-electron chi connectivity index (χ4n) is 2.75. The highest BCUT2D eigenvalue weighted by molar-refractivity contribution is 7.92. The van der Waals surface area contributed by atoms with Crippen LogP contribution in [0.15, 0.2) is 59.6 Å². The second kappa shape index (κ2) is 8.69. The molecule has 0 bridgehead atoms. The Balaban J connectivity index is 1.77. The first-order chi connectivity index (χ1) is 14.4. The molecule has 1 aromatic heterocycles. The normalized spacial score (nSPS) is 11.8. The number of halogens is 1. The summed E-state index contributed by atoms with van der Waals surface area (Å²) in [6.07, 6.45) is 2.46. The van der Waals surface area contributed by atoms with E-state index < -0.39 is 26.0 Å². The SMILES string of the molecule is Cc1nc(C(=O)NS(=O)(=O)c2ccccc2)cn1Cc1ccc(NS(C)(=O)=O)cc1Cl. The van der Waals surface area contributed by atoms with Crippen molar-refractivity contribution in [2.24, 2.45) is 0 Å². The second-order valence-corrected chi connectivity index (χ2v) is 10.6. The van der Waals surface area contributed by atoms with Gasteiger partial charge in [0.15, 0.2) is 0 Å². The van der Waals surface area contributed by atoms with Gasteiger partial charge in [-0.2, -0.15) is 0 Å². The summed E-state index contributed by atoms with van der Waals surface area (Å²) in [7, 11) is -7.45. The summed E-state index contributed by atoms with van der Waals surface area (Å²) in [5.74, 6) is -0.388. The van der Waals surface area contributed by atoms with E-state index in [0.29, 0.717) is 22.1 Å². The molecule has 0 atom stereocenters. The van der Waals surface area contributed by atoms with Crippen molar-refractivity contribution < 1.29 is 21.6 Å². The number of carbonyl (C=O) groups is 1. The van der Waals surface area contributed by atoms with Gasteiger partial charge in [0.25, 0.3) is 15.9 Å². The Morgan fingerprint density at radius 3 is 2.39 bits per heavy atom. The Kier molecular flexibility index (Phi) is 6.39. The molecule has 0 aliphatic rings. The van der Waals surface area contributed by atoms with Crippen molar-refractivity contribution in [1.29, 1.82) is 0 Å². The van der Waals surface area contributed by atoms with Gasteiger partial charge < -0.3 is 4.57 Å². The van der Waals surface area contributed by atoms with Crippen LogP contribution in [0, 0.1) is 6.92 Å². The summed E-state index contributed by atoms with van der Waals surface area (Å²) in [4.78, 5) is 16.5. The van der Waals surface area contributed by atoms with Crippen LogP contribution >= 0.6 is 11.6 Å². The van der Waals surface area contributed by atoms with E-state index in [9.17, 15) is 21.6 Å². The van der Waals surface area contributed by atoms with Gasteiger partial charge >= 0.3 is 0 Å². The number of amides is 1. The van der Waals surface area contributed by atoms with Gasteiger partial charge in [-0.05, 0) is 36.8 Å². The van der Waals surface area contributed by atoms with E-state index in [-0.39, 0.29) is 17.1 Å². The van der Waals surface area contributed by atoms with E-state index in [1.54, 1.807) is 41.8 Å². The minimum Gasteiger partial charge on any atom is -0.330 e. The molecule has 0 aliphatic heterocycles. The molecule has 164 valence electrons. The topological polar surface area (TPSA) is 127 Å². The first-order valence-corrected chi connectivity index (χ1v) is 12.6. The molecule has 2 aromatic carbocycles. The van der Waals surface area contributed by atoms with Crippen molar-refractivity contribution in [2.45, 2.75) is 18.4 Å². The molecular formula is C19H19ClN4O5S2. The van der Waals surface area contributed by atoms with E-state index in [1.807, 2.05) is 4.72 Å². The molecule has 1 heterocycles. The van der Waals surface area contributed by atoms with Crippen LogP contribution in [0.2, 0.25) is 5.02 Å². The van der Waals surface area contributed by atoms with Crippen molar-refractivity contribution in [3.8, 4) is 0 Å². The maximum absolute atomic E-state index is 12.4. The van der Waals surface area contributed by atoms with Crippen molar-refractivity contribution in [3.05, 3.63) is 76.8 Å². The quantitative estimate of drug-likeness (QED) is 0.532. The van der Waals surface area contributed by atoms with E-state index >= 15 is 0 Å². The van der Waals surface area contributed by atoms with Crippen LogP contribution in [0.25, 0.3) is 0 Å². The zero-order chi connectivity index (χ0) is 22.8. The van der Waals surface area contributed by atoms with Crippen molar-refractivity contribution >= 4 is 43.2 Å². The van der Waals surface area contributed by atoms with E-state index in [1.165, 1.54) is 24.4 Å². The molecule has 0 saturated carbocycles. The highest BCUT2D eigenvalue weighted by atomic mass is 35.5. The van der Waals surface area contributed by atoms with Crippen LogP contribution in [-0.2, 0) is 26.6 Å².